The molecule has 0 amide bonds. The molecule has 1 aliphatic heterocycles. The molecule has 4 unspecified atom stereocenters. The highest BCUT2D eigenvalue weighted by Crippen LogP contribution is 2.57. The Morgan fingerprint density at radius 1 is 1.14 bits per heavy atom. The van der Waals surface area contributed by atoms with Crippen LogP contribution in [0.4, 0.5) is 0 Å². The van der Waals surface area contributed by atoms with Gasteiger partial charge in [0.25, 0.3) is 0 Å². The van der Waals surface area contributed by atoms with Crippen molar-refractivity contribution in [1.29, 1.82) is 0 Å². The molecule has 198 valence electrons. The van der Waals surface area contributed by atoms with E-state index in [0.717, 1.165) is 42.0 Å². The predicted octanol–water partition coefficient (Wildman–Crippen LogP) is 5.00. The third-order valence-electron chi connectivity index (χ3n) is 8.95. The number of likely N-dealkylation sites (tertiary alicyclic amines) is 1. The first-order valence-electron chi connectivity index (χ1n) is 13.5. The van der Waals surface area contributed by atoms with Crippen LogP contribution >= 0.6 is 0 Å². The van der Waals surface area contributed by atoms with Crippen LogP contribution in [0.1, 0.15) is 62.6 Å². The van der Waals surface area contributed by atoms with Crippen LogP contribution in [-0.4, -0.2) is 54.6 Å². The number of ketones is 1. The Labute approximate surface area is 220 Å². The van der Waals surface area contributed by atoms with Crippen molar-refractivity contribution in [3.8, 4) is 5.75 Å². The number of carbonyl (C=O) groups excluding carboxylic acids is 2. The maximum Gasteiger partial charge on any atom is 0.303 e. The van der Waals surface area contributed by atoms with E-state index >= 15 is 0 Å². The van der Waals surface area contributed by atoms with Crippen LogP contribution in [0, 0.1) is 12.8 Å². The van der Waals surface area contributed by atoms with Crippen molar-refractivity contribution in [2.24, 2.45) is 5.92 Å². The van der Waals surface area contributed by atoms with Gasteiger partial charge >= 0.3 is 5.97 Å². The minimum atomic E-state index is -0.904. The lowest BCUT2D eigenvalue weighted by molar-refractivity contribution is -0.213. The Hall–Kier alpha value is -2.70. The van der Waals surface area contributed by atoms with Gasteiger partial charge in [-0.05, 0) is 74.4 Å². The number of hydrogen-bond acceptors (Lipinski definition) is 6. The largest absolute Gasteiger partial charge is 0.497 e. The number of ether oxygens (including phenoxy) is 3. The summed E-state index contributed by atoms with van der Waals surface area (Å²) in [5.41, 5.74) is 1.58. The summed E-state index contributed by atoms with van der Waals surface area (Å²) < 4.78 is 18.4. The lowest BCUT2D eigenvalue weighted by atomic mass is 9.52. The number of benzene rings is 2. The van der Waals surface area contributed by atoms with E-state index in [1.165, 1.54) is 19.8 Å². The maximum absolute atomic E-state index is 13.8. The summed E-state index contributed by atoms with van der Waals surface area (Å²) in [7, 11) is 1.66. The van der Waals surface area contributed by atoms with Gasteiger partial charge in [0, 0.05) is 37.8 Å². The number of fused-ring (bicyclic) bond motifs is 1. The molecule has 6 heteroatoms. The summed E-state index contributed by atoms with van der Waals surface area (Å²) in [5.74, 6) is 1.21. The minimum absolute atomic E-state index is 0.0627. The van der Waals surface area contributed by atoms with Crippen molar-refractivity contribution in [2.75, 3.05) is 20.2 Å². The minimum Gasteiger partial charge on any atom is -0.497 e. The summed E-state index contributed by atoms with van der Waals surface area (Å²) >= 11 is 0. The van der Waals surface area contributed by atoms with Gasteiger partial charge in [0.15, 0.2) is 5.78 Å². The topological polar surface area (TPSA) is 65.1 Å². The van der Waals surface area contributed by atoms with Gasteiger partial charge in [-0.2, -0.15) is 0 Å². The second-order valence-corrected chi connectivity index (χ2v) is 11.2. The average molecular weight is 506 g/mol. The van der Waals surface area contributed by atoms with E-state index in [2.05, 4.69) is 24.8 Å². The summed E-state index contributed by atoms with van der Waals surface area (Å²) in [5, 5.41) is 0. The highest BCUT2D eigenvalue weighted by Gasteiger charge is 2.66. The number of methoxy groups -OCH3 is 1. The van der Waals surface area contributed by atoms with Gasteiger partial charge in [0.2, 0.25) is 0 Å². The Kier molecular flexibility index (Phi) is 7.16. The SMILES string of the molecule is COc1ccc(C)c(C23CCN(CC4CC4)C(C)C2(OC(C)=O)CC(OCc2ccccc2)C(=O)C3)c1. The molecule has 2 aromatic rings. The van der Waals surface area contributed by atoms with Crippen LogP contribution in [0.15, 0.2) is 48.5 Å². The van der Waals surface area contributed by atoms with Gasteiger partial charge in [-0.1, -0.05) is 36.4 Å². The van der Waals surface area contributed by atoms with E-state index in [9.17, 15) is 9.59 Å². The van der Waals surface area contributed by atoms with Crippen LogP contribution in [0.5, 0.6) is 5.75 Å². The number of nitrogens with zero attached hydrogens (tertiary/aromatic N) is 1. The van der Waals surface area contributed by atoms with Gasteiger partial charge in [0.05, 0.1) is 13.7 Å². The molecule has 2 saturated carbocycles. The summed E-state index contributed by atoms with van der Waals surface area (Å²) in [4.78, 5) is 29.1. The Balaban J connectivity index is 1.59. The molecule has 0 radical (unpaired) electrons. The number of Topliss-reactive ketones (excluding diaryl/α,β-unsaturated/α-hetero) is 1. The normalized spacial score (nSPS) is 30.0. The monoisotopic (exact) mass is 505 g/mol. The molecule has 5 rings (SSSR count). The van der Waals surface area contributed by atoms with Gasteiger partial charge < -0.3 is 14.2 Å². The zero-order valence-corrected chi connectivity index (χ0v) is 22.5. The summed E-state index contributed by atoms with van der Waals surface area (Å²) in [6.07, 6.45) is 3.23. The molecule has 2 aromatic carbocycles. The van der Waals surface area contributed by atoms with E-state index < -0.39 is 17.1 Å². The third-order valence-corrected chi connectivity index (χ3v) is 8.95. The van der Waals surface area contributed by atoms with Crippen LogP contribution in [0.2, 0.25) is 0 Å². The lowest BCUT2D eigenvalue weighted by Crippen LogP contribution is -2.73. The molecular formula is C31H39NO5. The number of esters is 1. The van der Waals surface area contributed by atoms with Crippen molar-refractivity contribution in [1.82, 2.24) is 4.90 Å². The molecule has 0 bridgehead atoms. The molecule has 3 aliphatic rings. The number of rotatable bonds is 8. The summed E-state index contributed by atoms with van der Waals surface area (Å²) in [6, 6.07) is 15.9. The second-order valence-electron chi connectivity index (χ2n) is 11.2. The quantitative estimate of drug-likeness (QED) is 0.471. The molecular weight excluding hydrogens is 466 g/mol. The molecule has 0 aromatic heterocycles. The Morgan fingerprint density at radius 2 is 1.89 bits per heavy atom. The number of aryl methyl sites for hydroxylation is 1. The second kappa shape index (κ2) is 10.2. The molecule has 37 heavy (non-hydrogen) atoms. The van der Waals surface area contributed by atoms with Crippen LogP contribution in [0.3, 0.4) is 0 Å². The fourth-order valence-electron chi connectivity index (χ4n) is 6.83. The van der Waals surface area contributed by atoms with Crippen LogP contribution in [0.25, 0.3) is 0 Å². The van der Waals surface area contributed by atoms with Gasteiger partial charge in [-0.15, -0.1) is 0 Å². The van der Waals surface area contributed by atoms with Crippen LogP contribution in [-0.2, 0) is 31.1 Å². The maximum atomic E-state index is 13.8. The first-order chi connectivity index (χ1) is 17.8. The van der Waals surface area contributed by atoms with E-state index in [4.69, 9.17) is 14.2 Å². The van der Waals surface area contributed by atoms with E-state index in [-0.39, 0.29) is 24.2 Å². The molecule has 0 N–H and O–H groups in total. The predicted molar refractivity (Wildman–Crippen MR) is 142 cm³/mol. The first-order valence-corrected chi connectivity index (χ1v) is 13.5. The van der Waals surface area contributed by atoms with E-state index in [1.54, 1.807) is 7.11 Å². The zero-order chi connectivity index (χ0) is 26.2. The third kappa shape index (κ3) is 4.82. The fraction of sp³-hybridized carbons (Fsp3) is 0.548. The van der Waals surface area contributed by atoms with Crippen molar-refractivity contribution in [2.45, 2.75) is 82.6 Å². The standard InChI is InChI=1S/C31H39NO5/c1-21-10-13-26(35-4)16-27(21)30-14-15-32(19-24-11-12-24)22(2)31(30,37-23(3)33)18-29(28(34)17-30)36-20-25-8-6-5-7-9-25/h5-10,13,16,22,24,29H,11-12,14-15,17-20H2,1-4H3. The summed E-state index contributed by atoms with van der Waals surface area (Å²) in [6.45, 7) is 7.95. The number of hydrogen-bond donors (Lipinski definition) is 0. The lowest BCUT2D eigenvalue weighted by Gasteiger charge is -2.62. The smallest absolute Gasteiger partial charge is 0.303 e. The van der Waals surface area contributed by atoms with Crippen LogP contribution < -0.4 is 4.74 Å². The van der Waals surface area contributed by atoms with Crippen molar-refractivity contribution in [3.05, 3.63) is 65.2 Å². The Bertz CT molecular complexity index is 1150. The molecule has 0 spiro atoms. The number of piperidine rings is 1. The molecule has 1 heterocycles. The number of carbonyl (C=O) groups is 2. The Morgan fingerprint density at radius 3 is 2.57 bits per heavy atom. The molecule has 2 aliphatic carbocycles. The molecule has 3 fully saturated rings. The molecule has 4 atom stereocenters. The van der Waals surface area contributed by atoms with Crippen molar-refractivity contribution >= 4 is 11.8 Å². The van der Waals surface area contributed by atoms with Gasteiger partial charge in [-0.25, -0.2) is 0 Å². The average Bonchev–Trinajstić information content (AvgIpc) is 3.71. The van der Waals surface area contributed by atoms with Crippen molar-refractivity contribution in [3.63, 3.8) is 0 Å². The highest BCUT2D eigenvalue weighted by atomic mass is 16.6. The van der Waals surface area contributed by atoms with Gasteiger partial charge in [0.1, 0.15) is 17.5 Å². The highest BCUT2D eigenvalue weighted by molar-refractivity contribution is 5.87. The van der Waals surface area contributed by atoms with E-state index in [0.29, 0.717) is 18.9 Å². The zero-order valence-electron chi connectivity index (χ0n) is 22.5. The first kappa shape index (κ1) is 25.9. The van der Waals surface area contributed by atoms with Crippen molar-refractivity contribution < 1.29 is 23.8 Å². The van der Waals surface area contributed by atoms with E-state index in [1.807, 2.05) is 42.5 Å². The molecule has 6 nitrogen and oxygen atoms in total. The van der Waals surface area contributed by atoms with Gasteiger partial charge in [-0.3, -0.25) is 14.5 Å². The molecule has 1 saturated heterocycles. The fourth-order valence-corrected chi connectivity index (χ4v) is 6.83.